The normalized spacial score (nSPS) is 11.5. The summed E-state index contributed by atoms with van der Waals surface area (Å²) in [7, 11) is 1.60. The average Bonchev–Trinajstić information content (AvgIpc) is 2.53. The smallest absolute Gasteiger partial charge is 0.319 e. The predicted octanol–water partition coefficient (Wildman–Crippen LogP) is 3.62. The van der Waals surface area contributed by atoms with Crippen LogP contribution >= 0.6 is 0 Å². The second-order valence-electron chi connectivity index (χ2n) is 4.88. The molecule has 0 saturated carbocycles. The lowest BCUT2D eigenvalue weighted by Gasteiger charge is -2.14. The van der Waals surface area contributed by atoms with Gasteiger partial charge in [0.15, 0.2) is 0 Å². The first kappa shape index (κ1) is 14.9. The minimum absolute atomic E-state index is 0.217. The molecule has 110 valence electrons. The van der Waals surface area contributed by atoms with Crippen molar-refractivity contribution in [3.63, 3.8) is 0 Å². The molecule has 0 fully saturated rings. The molecule has 2 aromatic rings. The van der Waals surface area contributed by atoms with Gasteiger partial charge in [-0.3, -0.25) is 0 Å². The van der Waals surface area contributed by atoms with Crippen molar-refractivity contribution in [3.8, 4) is 5.75 Å². The Morgan fingerprint density at radius 1 is 1.14 bits per heavy atom. The number of carbonyl (C=O) groups excluding carboxylic acids is 1. The summed E-state index contributed by atoms with van der Waals surface area (Å²) in [6.45, 7) is 2.67. The van der Waals surface area contributed by atoms with Gasteiger partial charge in [-0.1, -0.05) is 43.3 Å². The van der Waals surface area contributed by atoms with Crippen molar-refractivity contribution in [2.24, 2.45) is 0 Å². The molecule has 0 heterocycles. The highest BCUT2D eigenvalue weighted by Crippen LogP contribution is 2.17. The van der Waals surface area contributed by atoms with Crippen LogP contribution in [0.15, 0.2) is 54.6 Å². The second-order valence-corrected chi connectivity index (χ2v) is 4.88. The van der Waals surface area contributed by atoms with Gasteiger partial charge in [-0.2, -0.15) is 0 Å². The van der Waals surface area contributed by atoms with Crippen molar-refractivity contribution < 1.29 is 9.53 Å². The van der Waals surface area contributed by atoms with E-state index in [4.69, 9.17) is 4.74 Å². The Hall–Kier alpha value is -2.49. The topological polar surface area (TPSA) is 50.4 Å². The third-order valence-electron chi connectivity index (χ3n) is 3.27. The number of ether oxygens (including phenoxy) is 1. The van der Waals surface area contributed by atoms with Crippen molar-refractivity contribution in [2.45, 2.75) is 12.8 Å². The maximum atomic E-state index is 11.9. The van der Waals surface area contributed by atoms with Crippen LogP contribution in [0.2, 0.25) is 0 Å². The minimum atomic E-state index is -0.217. The standard InChI is InChI=1S/C17H20N2O2/c1-13(14-7-4-3-5-8-14)12-18-17(20)19-15-9-6-10-16(11-15)21-2/h3-11,13H,12H2,1-2H3,(H2,18,19,20). The van der Waals surface area contributed by atoms with E-state index in [9.17, 15) is 4.79 Å². The van der Waals surface area contributed by atoms with Crippen LogP contribution in [0, 0.1) is 0 Å². The molecule has 0 aliphatic heterocycles. The van der Waals surface area contributed by atoms with Gasteiger partial charge in [0.1, 0.15) is 5.75 Å². The van der Waals surface area contributed by atoms with E-state index in [1.165, 1.54) is 5.56 Å². The largest absolute Gasteiger partial charge is 0.497 e. The Bertz CT molecular complexity index is 584. The van der Waals surface area contributed by atoms with Crippen LogP contribution in [-0.4, -0.2) is 19.7 Å². The van der Waals surface area contributed by atoms with Crippen LogP contribution in [0.4, 0.5) is 10.5 Å². The van der Waals surface area contributed by atoms with Crippen molar-refractivity contribution in [1.82, 2.24) is 5.32 Å². The number of nitrogens with one attached hydrogen (secondary N) is 2. The van der Waals surface area contributed by atoms with E-state index in [1.54, 1.807) is 13.2 Å². The van der Waals surface area contributed by atoms with Gasteiger partial charge in [0.2, 0.25) is 0 Å². The lowest BCUT2D eigenvalue weighted by atomic mass is 10.0. The summed E-state index contributed by atoms with van der Waals surface area (Å²) in [6, 6.07) is 17.2. The van der Waals surface area contributed by atoms with Gasteiger partial charge in [-0.05, 0) is 23.6 Å². The molecule has 1 atom stereocenters. The Kier molecular flexibility index (Phi) is 5.21. The van der Waals surface area contributed by atoms with E-state index < -0.39 is 0 Å². The van der Waals surface area contributed by atoms with Crippen LogP contribution in [0.25, 0.3) is 0 Å². The summed E-state index contributed by atoms with van der Waals surface area (Å²) in [5.41, 5.74) is 1.92. The number of rotatable bonds is 5. The number of amides is 2. The number of carbonyl (C=O) groups is 1. The predicted molar refractivity (Wildman–Crippen MR) is 84.9 cm³/mol. The maximum absolute atomic E-state index is 11.9. The zero-order valence-corrected chi connectivity index (χ0v) is 12.3. The highest BCUT2D eigenvalue weighted by atomic mass is 16.5. The Morgan fingerprint density at radius 3 is 2.62 bits per heavy atom. The Morgan fingerprint density at radius 2 is 1.90 bits per heavy atom. The molecule has 0 aliphatic carbocycles. The highest BCUT2D eigenvalue weighted by Gasteiger charge is 2.07. The van der Waals surface area contributed by atoms with Crippen molar-refractivity contribution in [2.75, 3.05) is 19.0 Å². The SMILES string of the molecule is COc1cccc(NC(=O)NCC(C)c2ccccc2)c1. The lowest BCUT2D eigenvalue weighted by Crippen LogP contribution is -2.31. The monoisotopic (exact) mass is 284 g/mol. The minimum Gasteiger partial charge on any atom is -0.497 e. The number of urea groups is 1. The maximum Gasteiger partial charge on any atom is 0.319 e. The molecule has 2 aromatic carbocycles. The molecule has 0 radical (unpaired) electrons. The van der Waals surface area contributed by atoms with Crippen LogP contribution in [-0.2, 0) is 0 Å². The van der Waals surface area contributed by atoms with Gasteiger partial charge in [0.25, 0.3) is 0 Å². The zero-order valence-electron chi connectivity index (χ0n) is 12.3. The molecule has 2 rings (SSSR count). The van der Waals surface area contributed by atoms with Crippen LogP contribution in [0.5, 0.6) is 5.75 Å². The van der Waals surface area contributed by atoms with Crippen LogP contribution in [0.3, 0.4) is 0 Å². The Labute approximate surface area is 125 Å². The molecule has 0 spiro atoms. The summed E-state index contributed by atoms with van der Waals surface area (Å²) in [5, 5.41) is 5.67. The fourth-order valence-corrected chi connectivity index (χ4v) is 2.02. The van der Waals surface area contributed by atoms with E-state index in [0.29, 0.717) is 18.0 Å². The quantitative estimate of drug-likeness (QED) is 0.881. The van der Waals surface area contributed by atoms with Crippen LogP contribution in [0.1, 0.15) is 18.4 Å². The first-order chi connectivity index (χ1) is 10.2. The number of hydrogen-bond donors (Lipinski definition) is 2. The zero-order chi connectivity index (χ0) is 15.1. The summed E-state index contributed by atoms with van der Waals surface area (Å²) in [5.74, 6) is 0.979. The van der Waals surface area contributed by atoms with Crippen molar-refractivity contribution in [1.29, 1.82) is 0 Å². The van der Waals surface area contributed by atoms with E-state index >= 15 is 0 Å². The first-order valence-corrected chi connectivity index (χ1v) is 6.93. The molecule has 0 aromatic heterocycles. The molecule has 0 saturated heterocycles. The molecular weight excluding hydrogens is 264 g/mol. The molecule has 1 unspecified atom stereocenters. The first-order valence-electron chi connectivity index (χ1n) is 6.93. The van der Waals surface area contributed by atoms with E-state index in [2.05, 4.69) is 29.7 Å². The fourth-order valence-electron chi connectivity index (χ4n) is 2.02. The number of anilines is 1. The van der Waals surface area contributed by atoms with Gasteiger partial charge >= 0.3 is 6.03 Å². The molecule has 2 N–H and O–H groups in total. The number of methoxy groups -OCH3 is 1. The summed E-state index contributed by atoms with van der Waals surface area (Å²) in [4.78, 5) is 11.9. The molecule has 2 amide bonds. The van der Waals surface area contributed by atoms with Gasteiger partial charge in [0, 0.05) is 18.3 Å². The lowest BCUT2D eigenvalue weighted by molar-refractivity contribution is 0.251. The van der Waals surface area contributed by atoms with E-state index in [1.807, 2.05) is 36.4 Å². The third kappa shape index (κ3) is 4.53. The average molecular weight is 284 g/mol. The molecule has 21 heavy (non-hydrogen) atoms. The molecule has 0 bridgehead atoms. The summed E-state index contributed by atoms with van der Waals surface area (Å²) >= 11 is 0. The summed E-state index contributed by atoms with van der Waals surface area (Å²) < 4.78 is 5.12. The van der Waals surface area contributed by atoms with E-state index in [-0.39, 0.29) is 11.9 Å². The molecular formula is C17H20N2O2. The molecule has 4 nitrogen and oxygen atoms in total. The number of hydrogen-bond acceptors (Lipinski definition) is 2. The van der Waals surface area contributed by atoms with Crippen molar-refractivity contribution in [3.05, 3.63) is 60.2 Å². The van der Waals surface area contributed by atoms with Gasteiger partial charge in [-0.15, -0.1) is 0 Å². The van der Waals surface area contributed by atoms with Gasteiger partial charge in [-0.25, -0.2) is 4.79 Å². The number of benzene rings is 2. The van der Waals surface area contributed by atoms with Gasteiger partial charge in [0.05, 0.1) is 7.11 Å². The van der Waals surface area contributed by atoms with E-state index in [0.717, 1.165) is 0 Å². The van der Waals surface area contributed by atoms with Gasteiger partial charge < -0.3 is 15.4 Å². The second kappa shape index (κ2) is 7.33. The van der Waals surface area contributed by atoms with Crippen LogP contribution < -0.4 is 15.4 Å². The van der Waals surface area contributed by atoms with Crippen molar-refractivity contribution >= 4 is 11.7 Å². The Balaban J connectivity index is 1.84. The molecule has 0 aliphatic rings. The molecule has 4 heteroatoms. The third-order valence-corrected chi connectivity index (χ3v) is 3.27. The summed E-state index contributed by atoms with van der Waals surface area (Å²) in [6.07, 6.45) is 0. The highest BCUT2D eigenvalue weighted by molar-refractivity contribution is 5.89. The fraction of sp³-hybridized carbons (Fsp3) is 0.235.